The fourth-order valence-electron chi connectivity index (χ4n) is 3.20. The lowest BCUT2D eigenvalue weighted by Gasteiger charge is -2.15. The molecule has 7 nitrogen and oxygen atoms in total. The SMILES string of the molecule is O=Cc1c(OCC(=O)Nc2cc(C(F)(F)F)ccc2-n2cncn2)ccc2ccccc12. The summed E-state index contributed by atoms with van der Waals surface area (Å²) in [6.45, 7) is -0.522. The number of hydrogen-bond donors (Lipinski definition) is 1. The molecule has 0 radical (unpaired) electrons. The average molecular weight is 440 g/mol. The van der Waals surface area contributed by atoms with E-state index in [2.05, 4.69) is 15.4 Å². The van der Waals surface area contributed by atoms with Crippen molar-refractivity contribution in [3.63, 3.8) is 0 Å². The molecular formula is C22H15F3N4O3. The van der Waals surface area contributed by atoms with Crippen LogP contribution in [0.2, 0.25) is 0 Å². The number of nitrogens with one attached hydrogen (secondary N) is 1. The number of carbonyl (C=O) groups excluding carboxylic acids is 2. The van der Waals surface area contributed by atoms with E-state index in [1.54, 1.807) is 24.3 Å². The van der Waals surface area contributed by atoms with Gasteiger partial charge in [-0.15, -0.1) is 0 Å². The summed E-state index contributed by atoms with van der Waals surface area (Å²) in [7, 11) is 0. The highest BCUT2D eigenvalue weighted by atomic mass is 19.4. The Labute approximate surface area is 179 Å². The Morgan fingerprint density at radius 3 is 2.66 bits per heavy atom. The van der Waals surface area contributed by atoms with Crippen molar-refractivity contribution >= 4 is 28.7 Å². The lowest BCUT2D eigenvalue weighted by Crippen LogP contribution is -2.22. The lowest BCUT2D eigenvalue weighted by atomic mass is 10.0. The minimum absolute atomic E-state index is 0.118. The normalized spacial score (nSPS) is 11.3. The highest BCUT2D eigenvalue weighted by Gasteiger charge is 2.31. The Kier molecular flexibility index (Phi) is 5.59. The van der Waals surface area contributed by atoms with Crippen molar-refractivity contribution < 1.29 is 27.5 Å². The molecule has 0 spiro atoms. The molecule has 4 aromatic rings. The number of aldehydes is 1. The van der Waals surface area contributed by atoms with Gasteiger partial charge in [0.1, 0.15) is 18.4 Å². The quantitative estimate of drug-likeness (QED) is 0.453. The molecule has 1 amide bonds. The fraction of sp³-hybridized carbons (Fsp3) is 0.0909. The maximum absolute atomic E-state index is 13.2. The van der Waals surface area contributed by atoms with Crippen LogP contribution < -0.4 is 10.1 Å². The first kappa shape index (κ1) is 21.0. The van der Waals surface area contributed by atoms with Crippen LogP contribution in [0, 0.1) is 0 Å². The molecule has 0 aliphatic heterocycles. The molecule has 32 heavy (non-hydrogen) atoms. The minimum Gasteiger partial charge on any atom is -0.483 e. The van der Waals surface area contributed by atoms with Gasteiger partial charge in [-0.3, -0.25) is 9.59 Å². The first-order valence-electron chi connectivity index (χ1n) is 9.32. The van der Waals surface area contributed by atoms with Gasteiger partial charge in [0.05, 0.1) is 22.5 Å². The van der Waals surface area contributed by atoms with Crippen molar-refractivity contribution in [1.29, 1.82) is 0 Å². The smallest absolute Gasteiger partial charge is 0.416 e. The summed E-state index contributed by atoms with van der Waals surface area (Å²) in [6, 6.07) is 13.4. The van der Waals surface area contributed by atoms with E-state index in [1.165, 1.54) is 23.4 Å². The molecule has 10 heteroatoms. The van der Waals surface area contributed by atoms with Crippen LogP contribution in [-0.2, 0) is 11.0 Å². The Morgan fingerprint density at radius 2 is 1.94 bits per heavy atom. The number of halogens is 3. The summed E-state index contributed by atoms with van der Waals surface area (Å²) in [4.78, 5) is 27.8. The standard InChI is InChI=1S/C22H15F3N4O3/c23-22(24,25)15-6-7-19(29-13-26-12-27-29)18(9-15)28-21(31)11-32-20-8-5-14-3-1-2-4-16(14)17(20)10-30/h1-10,12-13H,11H2,(H,28,31). The zero-order valence-corrected chi connectivity index (χ0v) is 16.3. The van der Waals surface area contributed by atoms with Gasteiger partial charge in [0.2, 0.25) is 0 Å². The maximum Gasteiger partial charge on any atom is 0.416 e. The van der Waals surface area contributed by atoms with Crippen molar-refractivity contribution in [2.75, 3.05) is 11.9 Å². The van der Waals surface area contributed by atoms with Gasteiger partial charge in [-0.1, -0.05) is 30.3 Å². The molecule has 0 atom stereocenters. The topological polar surface area (TPSA) is 86.1 Å². The third kappa shape index (κ3) is 4.29. The fourth-order valence-corrected chi connectivity index (χ4v) is 3.20. The molecule has 162 valence electrons. The van der Waals surface area contributed by atoms with Gasteiger partial charge in [-0.2, -0.15) is 18.3 Å². The molecule has 1 aromatic heterocycles. The Balaban J connectivity index is 1.57. The van der Waals surface area contributed by atoms with E-state index in [9.17, 15) is 22.8 Å². The molecule has 0 fully saturated rings. The van der Waals surface area contributed by atoms with Crippen LogP contribution in [0.3, 0.4) is 0 Å². The van der Waals surface area contributed by atoms with Gasteiger partial charge in [-0.05, 0) is 35.0 Å². The number of nitrogens with zero attached hydrogens (tertiary/aromatic N) is 3. The van der Waals surface area contributed by atoms with Gasteiger partial charge in [0.15, 0.2) is 12.9 Å². The highest BCUT2D eigenvalue weighted by molar-refractivity contribution is 6.01. The number of hydrogen-bond acceptors (Lipinski definition) is 5. The molecule has 1 heterocycles. The molecule has 3 aromatic carbocycles. The van der Waals surface area contributed by atoms with E-state index >= 15 is 0 Å². The van der Waals surface area contributed by atoms with Crippen LogP contribution in [-0.4, -0.2) is 33.6 Å². The van der Waals surface area contributed by atoms with Crippen LogP contribution in [0.15, 0.2) is 67.3 Å². The van der Waals surface area contributed by atoms with E-state index in [1.807, 2.05) is 12.1 Å². The Bertz CT molecular complexity index is 1290. The predicted molar refractivity (Wildman–Crippen MR) is 110 cm³/mol. The van der Waals surface area contributed by atoms with E-state index in [-0.39, 0.29) is 22.7 Å². The Hall–Kier alpha value is -4.21. The molecule has 0 unspecified atom stereocenters. The molecule has 0 saturated heterocycles. The zero-order valence-electron chi connectivity index (χ0n) is 16.3. The highest BCUT2D eigenvalue weighted by Crippen LogP contribution is 2.33. The van der Waals surface area contributed by atoms with Crippen LogP contribution in [0.4, 0.5) is 18.9 Å². The Morgan fingerprint density at radius 1 is 1.12 bits per heavy atom. The van der Waals surface area contributed by atoms with Crippen LogP contribution in [0.1, 0.15) is 15.9 Å². The van der Waals surface area contributed by atoms with Gasteiger partial charge in [0.25, 0.3) is 5.91 Å². The first-order valence-corrected chi connectivity index (χ1v) is 9.32. The molecule has 0 saturated carbocycles. The summed E-state index contributed by atoms with van der Waals surface area (Å²) in [5.74, 6) is -0.523. The van der Waals surface area contributed by atoms with Gasteiger partial charge < -0.3 is 10.1 Å². The molecular weight excluding hydrogens is 425 g/mol. The summed E-state index contributed by atoms with van der Waals surface area (Å²) in [5.41, 5.74) is -0.579. The van der Waals surface area contributed by atoms with E-state index in [4.69, 9.17) is 4.74 Å². The van der Waals surface area contributed by atoms with Crippen molar-refractivity contribution in [3.8, 4) is 11.4 Å². The minimum atomic E-state index is -4.60. The van der Waals surface area contributed by atoms with E-state index in [0.717, 1.165) is 17.5 Å². The van der Waals surface area contributed by atoms with Crippen LogP contribution >= 0.6 is 0 Å². The number of fused-ring (bicyclic) bond motifs is 1. The number of benzene rings is 3. The lowest BCUT2D eigenvalue weighted by molar-refractivity contribution is -0.137. The monoisotopic (exact) mass is 440 g/mol. The number of carbonyl (C=O) groups is 2. The second-order valence-electron chi connectivity index (χ2n) is 6.72. The van der Waals surface area contributed by atoms with Crippen molar-refractivity contribution in [2.45, 2.75) is 6.18 Å². The maximum atomic E-state index is 13.2. The first-order chi connectivity index (χ1) is 15.4. The van der Waals surface area contributed by atoms with Gasteiger partial charge in [0, 0.05) is 0 Å². The number of anilines is 1. The van der Waals surface area contributed by atoms with E-state index < -0.39 is 24.3 Å². The van der Waals surface area contributed by atoms with Crippen molar-refractivity contribution in [2.24, 2.45) is 0 Å². The predicted octanol–water partition coefficient (Wildman–Crippen LogP) is 4.27. The number of ether oxygens (including phenoxy) is 1. The van der Waals surface area contributed by atoms with Gasteiger partial charge in [-0.25, -0.2) is 9.67 Å². The number of amides is 1. The average Bonchev–Trinajstić information content (AvgIpc) is 3.31. The number of alkyl halides is 3. The molecule has 0 bridgehead atoms. The molecule has 1 N–H and O–H groups in total. The summed E-state index contributed by atoms with van der Waals surface area (Å²) < 4.78 is 46.2. The largest absolute Gasteiger partial charge is 0.483 e. The van der Waals surface area contributed by atoms with Crippen molar-refractivity contribution in [3.05, 3.63) is 78.4 Å². The zero-order chi connectivity index (χ0) is 22.7. The van der Waals surface area contributed by atoms with Gasteiger partial charge >= 0.3 is 6.18 Å². The molecule has 4 rings (SSSR count). The van der Waals surface area contributed by atoms with E-state index in [0.29, 0.717) is 11.7 Å². The summed E-state index contributed by atoms with van der Waals surface area (Å²) in [6.07, 6.45) is -1.46. The van der Waals surface area contributed by atoms with Crippen LogP contribution in [0.5, 0.6) is 5.75 Å². The third-order valence-corrected chi connectivity index (χ3v) is 4.67. The van der Waals surface area contributed by atoms with Crippen LogP contribution in [0.25, 0.3) is 16.5 Å². The molecule has 0 aliphatic carbocycles. The summed E-state index contributed by atoms with van der Waals surface area (Å²) in [5, 5.41) is 7.80. The molecule has 0 aliphatic rings. The summed E-state index contributed by atoms with van der Waals surface area (Å²) >= 11 is 0. The second kappa shape index (κ2) is 8.50. The third-order valence-electron chi connectivity index (χ3n) is 4.67. The number of aromatic nitrogens is 3. The van der Waals surface area contributed by atoms with Crippen molar-refractivity contribution in [1.82, 2.24) is 14.8 Å². The number of rotatable bonds is 6. The second-order valence-corrected chi connectivity index (χ2v) is 6.72.